The van der Waals surface area contributed by atoms with Crippen LogP contribution in [0.4, 0.5) is 0 Å². The van der Waals surface area contributed by atoms with E-state index in [-0.39, 0.29) is 24.4 Å². The third kappa shape index (κ3) is 3.44. The highest BCUT2D eigenvalue weighted by atomic mass is 16.2. The van der Waals surface area contributed by atoms with Crippen molar-refractivity contribution in [3.63, 3.8) is 0 Å². The Balaban J connectivity index is 2.05. The highest BCUT2D eigenvalue weighted by Crippen LogP contribution is 2.14. The van der Waals surface area contributed by atoms with Crippen LogP contribution in [0.1, 0.15) is 25.5 Å². The van der Waals surface area contributed by atoms with Gasteiger partial charge in [-0.3, -0.25) is 14.5 Å². The molecule has 0 unspecified atom stereocenters. The number of hydrogen-bond acceptors (Lipinski definition) is 5. The molecule has 2 heterocycles. The molecule has 1 fully saturated rings. The highest BCUT2D eigenvalue weighted by molar-refractivity contribution is 5.82. The molecule has 2 rings (SSSR count). The lowest BCUT2D eigenvalue weighted by atomic mass is 10.1. The van der Waals surface area contributed by atoms with Crippen molar-refractivity contribution in [1.82, 2.24) is 24.6 Å². The van der Waals surface area contributed by atoms with E-state index in [9.17, 15) is 9.59 Å². The zero-order valence-corrected chi connectivity index (χ0v) is 13.6. The zero-order valence-electron chi connectivity index (χ0n) is 13.6. The molecule has 0 saturated carbocycles. The summed E-state index contributed by atoms with van der Waals surface area (Å²) < 4.78 is 1.59. The van der Waals surface area contributed by atoms with Crippen LogP contribution in [0, 0.1) is 13.8 Å². The third-order valence-electron chi connectivity index (χ3n) is 4.01. The van der Waals surface area contributed by atoms with Gasteiger partial charge in [-0.25, -0.2) is 9.67 Å². The van der Waals surface area contributed by atoms with E-state index in [4.69, 9.17) is 5.73 Å². The molecule has 0 aromatic carbocycles. The summed E-state index contributed by atoms with van der Waals surface area (Å²) in [6.45, 7) is 9.36. The van der Waals surface area contributed by atoms with Gasteiger partial charge in [0.25, 0.3) is 0 Å². The second kappa shape index (κ2) is 6.43. The first kappa shape index (κ1) is 16.4. The topological polar surface area (TPSA) is 97.4 Å². The maximum absolute atomic E-state index is 12.4. The number of amides is 2. The van der Waals surface area contributed by atoms with E-state index in [2.05, 4.69) is 10.1 Å². The van der Waals surface area contributed by atoms with Crippen molar-refractivity contribution in [2.24, 2.45) is 5.73 Å². The van der Waals surface area contributed by atoms with E-state index in [1.807, 2.05) is 25.7 Å². The summed E-state index contributed by atoms with van der Waals surface area (Å²) in [5.74, 6) is 0.893. The summed E-state index contributed by atoms with van der Waals surface area (Å²) in [4.78, 5) is 32.0. The molecule has 0 spiro atoms. The first-order valence-corrected chi connectivity index (χ1v) is 7.50. The van der Waals surface area contributed by atoms with Crippen LogP contribution in [0.5, 0.6) is 0 Å². The van der Waals surface area contributed by atoms with Gasteiger partial charge >= 0.3 is 0 Å². The Labute approximate surface area is 130 Å². The van der Waals surface area contributed by atoms with Gasteiger partial charge in [-0.1, -0.05) is 0 Å². The number of hydrogen-bond donors (Lipinski definition) is 1. The van der Waals surface area contributed by atoms with Crippen LogP contribution in [0.25, 0.3) is 0 Å². The Morgan fingerprint density at radius 3 is 2.50 bits per heavy atom. The van der Waals surface area contributed by atoms with E-state index in [1.165, 1.54) is 0 Å². The van der Waals surface area contributed by atoms with Crippen LogP contribution in [0.15, 0.2) is 0 Å². The molecule has 1 aliphatic heterocycles. The minimum absolute atomic E-state index is 0.0670. The number of aromatic nitrogens is 3. The molecule has 2 amide bonds. The first-order valence-electron chi connectivity index (χ1n) is 7.50. The van der Waals surface area contributed by atoms with E-state index < -0.39 is 6.04 Å². The summed E-state index contributed by atoms with van der Waals surface area (Å²) >= 11 is 0. The number of rotatable bonds is 4. The standard InChI is InChI=1S/C14H24N6O2/c1-9(2)19-6-5-18(7-12(19)14(15)22)13(21)8-20-11(4)16-10(3)17-20/h9,12H,5-8H2,1-4H3,(H2,15,22)/t12-/m0/s1. The SMILES string of the molecule is Cc1nc(C)n(CC(=O)N2CCN(C(C)C)[C@H](C(N)=O)C2)n1. The van der Waals surface area contributed by atoms with Gasteiger partial charge in [0.15, 0.2) is 0 Å². The second-order valence-electron chi connectivity index (χ2n) is 5.95. The monoisotopic (exact) mass is 308 g/mol. The van der Waals surface area contributed by atoms with Crippen LogP contribution in [0.3, 0.4) is 0 Å². The summed E-state index contributed by atoms with van der Waals surface area (Å²) in [6.07, 6.45) is 0. The van der Waals surface area contributed by atoms with Gasteiger partial charge in [0, 0.05) is 25.7 Å². The minimum Gasteiger partial charge on any atom is -0.368 e. The van der Waals surface area contributed by atoms with Crippen molar-refractivity contribution in [3.8, 4) is 0 Å². The first-order chi connectivity index (χ1) is 10.3. The molecule has 0 aliphatic carbocycles. The molecule has 1 aromatic heterocycles. The Bertz CT molecular complexity index is 568. The lowest BCUT2D eigenvalue weighted by Crippen LogP contribution is -2.61. The molecule has 1 aromatic rings. The molecule has 22 heavy (non-hydrogen) atoms. The largest absolute Gasteiger partial charge is 0.368 e. The number of carbonyl (C=O) groups excluding carboxylic acids is 2. The van der Waals surface area contributed by atoms with Crippen LogP contribution < -0.4 is 5.73 Å². The Kier molecular flexibility index (Phi) is 4.80. The smallest absolute Gasteiger partial charge is 0.244 e. The zero-order chi connectivity index (χ0) is 16.4. The summed E-state index contributed by atoms with van der Waals surface area (Å²) in [5.41, 5.74) is 5.49. The molecule has 0 radical (unpaired) electrons. The van der Waals surface area contributed by atoms with E-state index in [0.29, 0.717) is 31.3 Å². The lowest BCUT2D eigenvalue weighted by molar-refractivity contribution is -0.138. The van der Waals surface area contributed by atoms with Crippen molar-refractivity contribution >= 4 is 11.8 Å². The lowest BCUT2D eigenvalue weighted by Gasteiger charge is -2.42. The second-order valence-corrected chi connectivity index (χ2v) is 5.95. The molecule has 8 nitrogen and oxygen atoms in total. The van der Waals surface area contributed by atoms with Crippen LogP contribution in [-0.4, -0.2) is 68.1 Å². The van der Waals surface area contributed by atoms with Crippen LogP contribution in [-0.2, 0) is 16.1 Å². The van der Waals surface area contributed by atoms with E-state index in [0.717, 1.165) is 0 Å². The van der Waals surface area contributed by atoms with Gasteiger partial charge in [0.05, 0.1) is 0 Å². The number of carbonyl (C=O) groups is 2. The van der Waals surface area contributed by atoms with Crippen molar-refractivity contribution in [2.45, 2.75) is 46.3 Å². The normalized spacial score (nSPS) is 19.7. The maximum atomic E-state index is 12.4. The molecular formula is C14H24N6O2. The molecule has 1 saturated heterocycles. The third-order valence-corrected chi connectivity index (χ3v) is 4.01. The summed E-state index contributed by atoms with van der Waals surface area (Å²) in [5, 5.41) is 4.20. The van der Waals surface area contributed by atoms with Crippen molar-refractivity contribution in [1.29, 1.82) is 0 Å². The molecule has 1 aliphatic rings. The highest BCUT2D eigenvalue weighted by Gasteiger charge is 2.34. The van der Waals surface area contributed by atoms with Crippen molar-refractivity contribution < 1.29 is 9.59 Å². The molecule has 0 bridgehead atoms. The predicted octanol–water partition coefficient (Wildman–Crippen LogP) is -0.699. The van der Waals surface area contributed by atoms with Gasteiger partial charge in [0.2, 0.25) is 11.8 Å². The summed E-state index contributed by atoms with van der Waals surface area (Å²) in [6, 6.07) is -0.216. The molecule has 1 atom stereocenters. The fourth-order valence-corrected chi connectivity index (χ4v) is 2.83. The van der Waals surface area contributed by atoms with E-state index >= 15 is 0 Å². The van der Waals surface area contributed by atoms with Crippen LogP contribution in [0.2, 0.25) is 0 Å². The van der Waals surface area contributed by atoms with Crippen molar-refractivity contribution in [3.05, 3.63) is 11.6 Å². The van der Waals surface area contributed by atoms with Gasteiger partial charge in [-0.15, -0.1) is 0 Å². The van der Waals surface area contributed by atoms with Gasteiger partial charge < -0.3 is 10.6 Å². The van der Waals surface area contributed by atoms with Crippen molar-refractivity contribution in [2.75, 3.05) is 19.6 Å². The quantitative estimate of drug-likeness (QED) is 0.793. The van der Waals surface area contributed by atoms with Crippen LogP contribution >= 0.6 is 0 Å². The average Bonchev–Trinajstić information content (AvgIpc) is 2.75. The Morgan fingerprint density at radius 2 is 2.00 bits per heavy atom. The van der Waals surface area contributed by atoms with E-state index in [1.54, 1.807) is 16.5 Å². The molecular weight excluding hydrogens is 284 g/mol. The minimum atomic E-state index is -0.434. The Hall–Kier alpha value is -1.96. The number of aryl methyl sites for hydroxylation is 2. The van der Waals surface area contributed by atoms with Gasteiger partial charge in [-0.05, 0) is 27.7 Å². The number of primary amides is 1. The number of nitrogens with two attached hydrogens (primary N) is 1. The molecule has 122 valence electrons. The molecule has 2 N–H and O–H groups in total. The van der Waals surface area contributed by atoms with Gasteiger partial charge in [0.1, 0.15) is 24.2 Å². The number of nitrogens with zero attached hydrogens (tertiary/aromatic N) is 5. The Morgan fingerprint density at radius 1 is 1.32 bits per heavy atom. The number of piperazine rings is 1. The maximum Gasteiger partial charge on any atom is 0.244 e. The average molecular weight is 308 g/mol. The van der Waals surface area contributed by atoms with Gasteiger partial charge in [-0.2, -0.15) is 5.10 Å². The summed E-state index contributed by atoms with van der Waals surface area (Å²) in [7, 11) is 0. The molecule has 8 heteroatoms. The fourth-order valence-electron chi connectivity index (χ4n) is 2.83. The fraction of sp³-hybridized carbons (Fsp3) is 0.714. The predicted molar refractivity (Wildman–Crippen MR) is 80.9 cm³/mol.